The van der Waals surface area contributed by atoms with Crippen LogP contribution in [0.3, 0.4) is 0 Å². The smallest absolute Gasteiger partial charge is 0.303 e. The molecular weight excluding hydrogens is 272 g/mol. The first kappa shape index (κ1) is 20.2. The van der Waals surface area contributed by atoms with Crippen molar-refractivity contribution >= 4 is 5.97 Å². The molecule has 0 spiro atoms. The Bertz CT molecular complexity index is 398. The fraction of sp³-hybridized carbons (Fsp3) is 0.450. The van der Waals surface area contributed by atoms with Crippen molar-refractivity contribution in [1.82, 2.24) is 0 Å². The SMILES string of the molecule is C/C=C\C/C=C\C/C=C\C/C=C\C/C=C\CCCCC(=O)O. The molecule has 2 nitrogen and oxygen atoms in total. The van der Waals surface area contributed by atoms with Crippen LogP contribution in [0, 0.1) is 0 Å². The van der Waals surface area contributed by atoms with Crippen LogP contribution in [0.4, 0.5) is 0 Å². The van der Waals surface area contributed by atoms with Crippen molar-refractivity contribution in [1.29, 1.82) is 0 Å². The maximum atomic E-state index is 10.3. The molecule has 22 heavy (non-hydrogen) atoms. The zero-order valence-electron chi connectivity index (χ0n) is 13.8. The summed E-state index contributed by atoms with van der Waals surface area (Å²) in [6.07, 6.45) is 28.5. The molecule has 0 aromatic rings. The van der Waals surface area contributed by atoms with Gasteiger partial charge in [-0.2, -0.15) is 0 Å². The molecule has 0 radical (unpaired) electrons. The molecule has 0 rings (SSSR count). The molecule has 0 unspecified atom stereocenters. The van der Waals surface area contributed by atoms with Gasteiger partial charge in [-0.05, 0) is 51.9 Å². The highest BCUT2D eigenvalue weighted by molar-refractivity contribution is 5.66. The van der Waals surface area contributed by atoms with E-state index in [1.54, 1.807) is 0 Å². The van der Waals surface area contributed by atoms with Gasteiger partial charge in [-0.15, -0.1) is 0 Å². The molecule has 0 fully saturated rings. The largest absolute Gasteiger partial charge is 0.481 e. The first-order valence-electron chi connectivity index (χ1n) is 8.20. The topological polar surface area (TPSA) is 37.3 Å². The fourth-order valence-corrected chi connectivity index (χ4v) is 1.78. The van der Waals surface area contributed by atoms with Gasteiger partial charge in [0, 0.05) is 6.42 Å². The maximum absolute atomic E-state index is 10.3. The summed E-state index contributed by atoms with van der Waals surface area (Å²) in [5, 5.41) is 8.50. The average Bonchev–Trinajstić information content (AvgIpc) is 2.50. The predicted molar refractivity (Wildman–Crippen MR) is 95.9 cm³/mol. The van der Waals surface area contributed by atoms with Crippen LogP contribution >= 0.6 is 0 Å². The van der Waals surface area contributed by atoms with E-state index < -0.39 is 5.97 Å². The van der Waals surface area contributed by atoms with Crippen molar-refractivity contribution in [2.45, 2.75) is 58.3 Å². The van der Waals surface area contributed by atoms with E-state index in [9.17, 15) is 4.79 Å². The summed E-state index contributed by atoms with van der Waals surface area (Å²) in [5.74, 6) is -0.701. The highest BCUT2D eigenvalue weighted by Crippen LogP contribution is 2.01. The van der Waals surface area contributed by atoms with Gasteiger partial charge >= 0.3 is 5.97 Å². The number of unbranched alkanes of at least 4 members (excludes halogenated alkanes) is 2. The average molecular weight is 302 g/mol. The second-order valence-electron chi connectivity index (χ2n) is 5.04. The Balaban J connectivity index is 3.43. The molecule has 0 saturated carbocycles. The van der Waals surface area contributed by atoms with E-state index in [0.29, 0.717) is 0 Å². The molecule has 2 heteroatoms. The van der Waals surface area contributed by atoms with Crippen LogP contribution in [-0.2, 0) is 4.79 Å². The highest BCUT2D eigenvalue weighted by Gasteiger charge is 1.93. The number of carboxylic acids is 1. The molecule has 0 saturated heterocycles. The van der Waals surface area contributed by atoms with Crippen LogP contribution in [0.1, 0.15) is 58.3 Å². The molecule has 1 N–H and O–H groups in total. The summed E-state index contributed by atoms with van der Waals surface area (Å²) in [5.41, 5.74) is 0. The number of carbonyl (C=O) groups is 1. The summed E-state index contributed by atoms with van der Waals surface area (Å²) in [6, 6.07) is 0. The number of hydrogen-bond acceptors (Lipinski definition) is 1. The molecule has 0 atom stereocenters. The van der Waals surface area contributed by atoms with E-state index >= 15 is 0 Å². The van der Waals surface area contributed by atoms with Crippen molar-refractivity contribution in [3.63, 3.8) is 0 Å². The minimum Gasteiger partial charge on any atom is -0.481 e. The summed E-state index contributed by atoms with van der Waals surface area (Å²) in [6.45, 7) is 2.04. The second-order valence-corrected chi connectivity index (χ2v) is 5.04. The lowest BCUT2D eigenvalue weighted by Crippen LogP contribution is -1.92. The molecule has 0 aromatic heterocycles. The van der Waals surface area contributed by atoms with Crippen LogP contribution in [0.5, 0.6) is 0 Å². The molecule has 0 aliphatic rings. The van der Waals surface area contributed by atoms with Gasteiger partial charge < -0.3 is 5.11 Å². The van der Waals surface area contributed by atoms with Crippen LogP contribution in [-0.4, -0.2) is 11.1 Å². The van der Waals surface area contributed by atoms with Crippen molar-refractivity contribution in [3.8, 4) is 0 Å². The number of aliphatic carboxylic acids is 1. The molecule has 0 aromatic carbocycles. The van der Waals surface area contributed by atoms with E-state index in [1.807, 2.05) is 6.92 Å². The van der Waals surface area contributed by atoms with E-state index in [2.05, 4.69) is 60.8 Å². The zero-order valence-corrected chi connectivity index (χ0v) is 13.8. The van der Waals surface area contributed by atoms with Crippen molar-refractivity contribution in [2.75, 3.05) is 0 Å². The Morgan fingerprint density at radius 1 is 0.727 bits per heavy atom. The van der Waals surface area contributed by atoms with Gasteiger partial charge in [0.1, 0.15) is 0 Å². The lowest BCUT2D eigenvalue weighted by Gasteiger charge is -1.92. The van der Waals surface area contributed by atoms with E-state index in [-0.39, 0.29) is 6.42 Å². The Morgan fingerprint density at radius 3 is 1.64 bits per heavy atom. The first-order chi connectivity index (χ1) is 10.8. The summed E-state index contributed by atoms with van der Waals surface area (Å²) in [4.78, 5) is 10.3. The van der Waals surface area contributed by atoms with Gasteiger partial charge in [0.05, 0.1) is 0 Å². The van der Waals surface area contributed by atoms with Crippen molar-refractivity contribution in [3.05, 3.63) is 60.8 Å². The Morgan fingerprint density at radius 2 is 1.18 bits per heavy atom. The number of rotatable bonds is 13. The van der Waals surface area contributed by atoms with Gasteiger partial charge in [-0.3, -0.25) is 4.79 Å². The molecule has 0 aliphatic carbocycles. The Labute approximate surface area is 135 Å². The number of allylic oxidation sites excluding steroid dienone is 10. The minimum atomic E-state index is -0.701. The summed E-state index contributed by atoms with van der Waals surface area (Å²) >= 11 is 0. The zero-order chi connectivity index (χ0) is 16.3. The van der Waals surface area contributed by atoms with Crippen molar-refractivity contribution in [2.24, 2.45) is 0 Å². The van der Waals surface area contributed by atoms with E-state index in [4.69, 9.17) is 5.11 Å². The third-order valence-corrected chi connectivity index (χ3v) is 3.00. The van der Waals surface area contributed by atoms with Crippen LogP contribution in [0.25, 0.3) is 0 Å². The van der Waals surface area contributed by atoms with Crippen LogP contribution in [0.2, 0.25) is 0 Å². The van der Waals surface area contributed by atoms with Gasteiger partial charge in [0.15, 0.2) is 0 Å². The maximum Gasteiger partial charge on any atom is 0.303 e. The van der Waals surface area contributed by atoms with Crippen molar-refractivity contribution < 1.29 is 9.90 Å². The van der Waals surface area contributed by atoms with E-state index in [0.717, 1.165) is 44.9 Å². The van der Waals surface area contributed by atoms with Crippen LogP contribution < -0.4 is 0 Å². The highest BCUT2D eigenvalue weighted by atomic mass is 16.4. The van der Waals surface area contributed by atoms with Gasteiger partial charge in [-0.25, -0.2) is 0 Å². The monoisotopic (exact) mass is 302 g/mol. The minimum absolute atomic E-state index is 0.282. The lowest BCUT2D eigenvalue weighted by atomic mass is 10.2. The third kappa shape index (κ3) is 18.2. The summed E-state index contributed by atoms with van der Waals surface area (Å²) in [7, 11) is 0. The molecule has 0 bridgehead atoms. The molecule has 122 valence electrons. The lowest BCUT2D eigenvalue weighted by molar-refractivity contribution is -0.137. The number of hydrogen-bond donors (Lipinski definition) is 1. The van der Waals surface area contributed by atoms with Crippen LogP contribution in [0.15, 0.2) is 60.8 Å². The Hall–Kier alpha value is -1.83. The van der Waals surface area contributed by atoms with Gasteiger partial charge in [0.25, 0.3) is 0 Å². The second kappa shape index (κ2) is 17.2. The summed E-state index contributed by atoms with van der Waals surface area (Å²) < 4.78 is 0. The predicted octanol–water partition coefficient (Wildman–Crippen LogP) is 5.99. The third-order valence-electron chi connectivity index (χ3n) is 3.00. The number of carboxylic acid groups (broad SMARTS) is 1. The molecule has 0 amide bonds. The molecule has 0 heterocycles. The fourth-order valence-electron chi connectivity index (χ4n) is 1.78. The quantitative estimate of drug-likeness (QED) is 0.335. The van der Waals surface area contributed by atoms with Gasteiger partial charge in [0.2, 0.25) is 0 Å². The van der Waals surface area contributed by atoms with E-state index in [1.165, 1.54) is 0 Å². The molecular formula is C20H30O2. The molecule has 0 aliphatic heterocycles. The van der Waals surface area contributed by atoms with Gasteiger partial charge in [-0.1, -0.05) is 60.8 Å². The Kier molecular flexibility index (Phi) is 15.8. The standard InChI is InChI=1S/C20H30O2/c1-2-3-4-5-6-7-8-9-10-11-12-13-14-15-16-17-18-19-20(21)22/h2-3,5-6,8-9,11-12,14-15H,4,7,10,13,16-19H2,1H3,(H,21,22)/b3-2-,6-5-,9-8-,12-11-,15-14-. The first-order valence-corrected chi connectivity index (χ1v) is 8.20. The normalized spacial score (nSPS) is 12.8.